The van der Waals surface area contributed by atoms with Crippen LogP contribution in [0, 0.1) is 12.7 Å². The number of carboxylic acids is 1. The first-order chi connectivity index (χ1) is 7.83. The first-order valence-electron chi connectivity index (χ1n) is 4.78. The Hall–Kier alpha value is -1.47. The molecular formula is C10H11FNO4S-. The molecule has 0 aliphatic carbocycles. The molecule has 1 aromatic rings. The van der Waals surface area contributed by atoms with Crippen molar-refractivity contribution >= 4 is 16.0 Å². The number of aliphatic carboxylic acids is 1. The van der Waals surface area contributed by atoms with Crippen molar-refractivity contribution in [1.29, 1.82) is 0 Å². The van der Waals surface area contributed by atoms with Crippen LogP contribution in [0.4, 0.5) is 4.39 Å². The Kier molecular flexibility index (Phi) is 4.19. The summed E-state index contributed by atoms with van der Waals surface area (Å²) in [7, 11) is -3.80. The summed E-state index contributed by atoms with van der Waals surface area (Å²) in [4.78, 5) is 10.0. The van der Waals surface area contributed by atoms with Crippen molar-refractivity contribution in [2.75, 3.05) is 6.54 Å². The highest BCUT2D eigenvalue weighted by Crippen LogP contribution is 2.13. The Morgan fingerprint density at radius 2 is 2.12 bits per heavy atom. The topological polar surface area (TPSA) is 86.3 Å². The van der Waals surface area contributed by atoms with E-state index in [0.717, 1.165) is 12.1 Å². The van der Waals surface area contributed by atoms with Crippen LogP contribution in [0.2, 0.25) is 0 Å². The molecule has 0 spiro atoms. The molecule has 0 radical (unpaired) electrons. The van der Waals surface area contributed by atoms with Crippen molar-refractivity contribution < 1.29 is 22.7 Å². The fourth-order valence-electron chi connectivity index (χ4n) is 1.16. The summed E-state index contributed by atoms with van der Waals surface area (Å²) >= 11 is 0. The van der Waals surface area contributed by atoms with Crippen LogP contribution in [-0.2, 0) is 14.8 Å². The lowest BCUT2D eigenvalue weighted by atomic mass is 10.2. The molecule has 0 aliphatic heterocycles. The van der Waals surface area contributed by atoms with E-state index in [9.17, 15) is 22.7 Å². The third-order valence-corrected chi connectivity index (χ3v) is 3.52. The third kappa shape index (κ3) is 3.79. The molecule has 0 aromatic heterocycles. The number of carbonyl (C=O) groups is 1. The van der Waals surface area contributed by atoms with Crippen molar-refractivity contribution in [3.8, 4) is 0 Å². The zero-order chi connectivity index (χ0) is 13.1. The van der Waals surface area contributed by atoms with Gasteiger partial charge in [0.05, 0.1) is 4.90 Å². The van der Waals surface area contributed by atoms with Gasteiger partial charge in [-0.3, -0.25) is 0 Å². The van der Waals surface area contributed by atoms with Crippen molar-refractivity contribution in [1.82, 2.24) is 4.72 Å². The minimum atomic E-state index is -3.80. The Balaban J connectivity index is 2.82. The minimum absolute atomic E-state index is 0.102. The quantitative estimate of drug-likeness (QED) is 0.777. The molecule has 94 valence electrons. The normalized spacial score (nSPS) is 11.4. The second-order valence-electron chi connectivity index (χ2n) is 3.43. The monoisotopic (exact) mass is 260 g/mol. The maximum Gasteiger partial charge on any atom is 0.240 e. The van der Waals surface area contributed by atoms with Gasteiger partial charge in [0.1, 0.15) is 5.82 Å². The van der Waals surface area contributed by atoms with E-state index in [1.165, 1.54) is 13.0 Å². The Bertz CT molecular complexity index is 527. The van der Waals surface area contributed by atoms with E-state index in [1.54, 1.807) is 0 Å². The number of sulfonamides is 1. The number of nitrogens with one attached hydrogen (secondary N) is 1. The molecule has 0 atom stereocenters. The van der Waals surface area contributed by atoms with Crippen LogP contribution in [0.1, 0.15) is 12.0 Å². The molecule has 0 bridgehead atoms. The fraction of sp³-hybridized carbons (Fsp3) is 0.300. The highest BCUT2D eigenvalue weighted by molar-refractivity contribution is 7.89. The molecule has 7 heteroatoms. The molecule has 0 fully saturated rings. The highest BCUT2D eigenvalue weighted by Gasteiger charge is 2.14. The maximum atomic E-state index is 12.9. The molecule has 0 aliphatic rings. The SMILES string of the molecule is Cc1cc(S(=O)(=O)NCCC(=O)[O-])ccc1F. The van der Waals surface area contributed by atoms with Gasteiger partial charge in [0, 0.05) is 18.9 Å². The van der Waals surface area contributed by atoms with E-state index >= 15 is 0 Å². The van der Waals surface area contributed by atoms with E-state index in [2.05, 4.69) is 4.72 Å². The second-order valence-corrected chi connectivity index (χ2v) is 5.20. The smallest absolute Gasteiger partial charge is 0.240 e. The maximum absolute atomic E-state index is 12.9. The van der Waals surface area contributed by atoms with Crippen LogP contribution < -0.4 is 9.83 Å². The molecule has 1 N–H and O–H groups in total. The van der Waals surface area contributed by atoms with Crippen LogP contribution in [0.5, 0.6) is 0 Å². The number of carbonyl (C=O) groups excluding carboxylic acids is 1. The van der Waals surface area contributed by atoms with Crippen LogP contribution in [-0.4, -0.2) is 20.9 Å². The molecule has 0 heterocycles. The highest BCUT2D eigenvalue weighted by atomic mass is 32.2. The van der Waals surface area contributed by atoms with Crippen LogP contribution in [0.3, 0.4) is 0 Å². The van der Waals surface area contributed by atoms with Gasteiger partial charge in [-0.25, -0.2) is 17.5 Å². The zero-order valence-corrected chi connectivity index (χ0v) is 9.88. The molecule has 0 unspecified atom stereocenters. The predicted octanol–water partition coefficient (Wildman–Crippen LogP) is -0.448. The van der Waals surface area contributed by atoms with Crippen LogP contribution >= 0.6 is 0 Å². The Labute approximate surface area is 98.3 Å². The number of hydrogen-bond acceptors (Lipinski definition) is 4. The van der Waals surface area contributed by atoms with E-state index in [-0.39, 0.29) is 17.0 Å². The van der Waals surface area contributed by atoms with Gasteiger partial charge in [-0.2, -0.15) is 0 Å². The summed E-state index contributed by atoms with van der Waals surface area (Å²) < 4.78 is 38.3. The van der Waals surface area contributed by atoms with Gasteiger partial charge in [0.15, 0.2) is 0 Å². The first-order valence-corrected chi connectivity index (χ1v) is 6.27. The van der Waals surface area contributed by atoms with Crippen LogP contribution in [0.25, 0.3) is 0 Å². The fourth-order valence-corrected chi connectivity index (χ4v) is 2.27. The molecule has 0 amide bonds. The summed E-state index contributed by atoms with van der Waals surface area (Å²) in [6.07, 6.45) is -0.417. The second kappa shape index (κ2) is 5.24. The van der Waals surface area contributed by atoms with Crippen molar-refractivity contribution in [2.24, 2.45) is 0 Å². The summed E-state index contributed by atoms with van der Waals surface area (Å²) in [5.41, 5.74) is 0.202. The van der Waals surface area contributed by atoms with Gasteiger partial charge in [-0.15, -0.1) is 0 Å². The minimum Gasteiger partial charge on any atom is -0.550 e. The van der Waals surface area contributed by atoms with Gasteiger partial charge in [-0.1, -0.05) is 0 Å². The van der Waals surface area contributed by atoms with E-state index < -0.39 is 28.2 Å². The summed E-state index contributed by atoms with van der Waals surface area (Å²) in [5.74, 6) is -1.85. The lowest BCUT2D eigenvalue weighted by Crippen LogP contribution is -2.31. The largest absolute Gasteiger partial charge is 0.550 e. The van der Waals surface area contributed by atoms with E-state index in [0.29, 0.717) is 0 Å². The number of aryl methyl sites for hydroxylation is 1. The lowest BCUT2D eigenvalue weighted by molar-refractivity contribution is -0.305. The summed E-state index contributed by atoms with van der Waals surface area (Å²) in [6, 6.07) is 3.34. The van der Waals surface area contributed by atoms with Gasteiger partial charge in [0.25, 0.3) is 0 Å². The van der Waals surface area contributed by atoms with Crippen LogP contribution in [0.15, 0.2) is 23.1 Å². The zero-order valence-electron chi connectivity index (χ0n) is 9.07. The summed E-state index contributed by atoms with van der Waals surface area (Å²) in [6.45, 7) is 1.18. The van der Waals surface area contributed by atoms with Crippen molar-refractivity contribution in [2.45, 2.75) is 18.2 Å². The molecule has 0 saturated carbocycles. The average Bonchev–Trinajstić information content (AvgIpc) is 2.21. The first kappa shape index (κ1) is 13.6. The van der Waals surface area contributed by atoms with Gasteiger partial charge < -0.3 is 9.90 Å². The molecule has 1 rings (SSSR count). The molecule has 1 aromatic carbocycles. The third-order valence-electron chi connectivity index (χ3n) is 2.06. The number of benzene rings is 1. The van der Waals surface area contributed by atoms with E-state index in [4.69, 9.17) is 0 Å². The molecule has 17 heavy (non-hydrogen) atoms. The number of carboxylic acid groups (broad SMARTS) is 1. The van der Waals surface area contributed by atoms with Gasteiger partial charge in [0.2, 0.25) is 10.0 Å². The average molecular weight is 260 g/mol. The van der Waals surface area contributed by atoms with Crippen molar-refractivity contribution in [3.63, 3.8) is 0 Å². The lowest BCUT2D eigenvalue weighted by Gasteiger charge is -2.08. The summed E-state index contributed by atoms with van der Waals surface area (Å²) in [5, 5.41) is 10.1. The number of hydrogen-bond donors (Lipinski definition) is 1. The van der Waals surface area contributed by atoms with Crippen molar-refractivity contribution in [3.05, 3.63) is 29.6 Å². The number of halogens is 1. The van der Waals surface area contributed by atoms with E-state index in [1.807, 2.05) is 0 Å². The van der Waals surface area contributed by atoms with Gasteiger partial charge in [-0.05, 0) is 30.7 Å². The Morgan fingerprint density at radius 1 is 1.47 bits per heavy atom. The molecular weight excluding hydrogens is 249 g/mol. The molecule has 0 saturated heterocycles. The Morgan fingerprint density at radius 3 is 2.65 bits per heavy atom. The molecule has 5 nitrogen and oxygen atoms in total. The standard InChI is InChI=1S/C10H12FNO4S/c1-7-6-8(2-3-9(7)11)17(15,16)12-5-4-10(13)14/h2-3,6,12H,4-5H2,1H3,(H,13,14)/p-1. The number of rotatable bonds is 5. The van der Waals surface area contributed by atoms with Gasteiger partial charge >= 0.3 is 0 Å². The predicted molar refractivity (Wildman–Crippen MR) is 55.9 cm³/mol.